The number of benzene rings is 5. The second-order valence-corrected chi connectivity index (χ2v) is 20.4. The van der Waals surface area contributed by atoms with Crippen molar-refractivity contribution >= 4 is 83.6 Å². The van der Waals surface area contributed by atoms with E-state index in [1.165, 1.54) is 64.2 Å². The van der Waals surface area contributed by atoms with Gasteiger partial charge in [-0.3, -0.25) is 0 Å². The van der Waals surface area contributed by atoms with E-state index in [2.05, 4.69) is 129 Å². The van der Waals surface area contributed by atoms with E-state index >= 15 is 0 Å². The highest BCUT2D eigenvalue weighted by atomic mass is 79.9. The minimum absolute atomic E-state index is 0.146. The smallest absolute Gasteiger partial charge is 0.341 e. The lowest BCUT2D eigenvalue weighted by Crippen LogP contribution is -2.23. The van der Waals surface area contributed by atoms with Gasteiger partial charge in [0.05, 0.1) is 20.1 Å². The van der Waals surface area contributed by atoms with Gasteiger partial charge in [-0.2, -0.15) is 0 Å². The number of rotatable bonds is 18. The largest absolute Gasteiger partial charge is 0.442 e. The summed E-state index contributed by atoms with van der Waals surface area (Å²) in [6.45, 7) is 5.61. The standard InChI is InChI=1S/C56H60Br2Cl2N2O4/c1-37(64-33-31-39-15-7-3-8-16-39)61-45-27-23-43(24-28-45)47(41-19-11-5-12-20-41)35-56(50-49(55(63)66-56)51(57)53(59)54(60)52(50)58)36-48(42-21-13-6-14-22-42)44-25-29-46(30-26-44)62-38(2)65-34-32-40-17-9-4-10-18-40/h5-6,11-14,19-30,35-40,61-62H,3-4,7-10,15-18,31-34H2,1-2H3. The summed E-state index contributed by atoms with van der Waals surface area (Å²) in [6.07, 6.45) is 19.3. The van der Waals surface area contributed by atoms with Crippen molar-refractivity contribution in [1.29, 1.82) is 0 Å². The van der Waals surface area contributed by atoms with Crippen LogP contribution in [0.5, 0.6) is 0 Å². The van der Waals surface area contributed by atoms with Crippen molar-refractivity contribution in [3.63, 3.8) is 0 Å². The molecule has 0 spiro atoms. The highest BCUT2D eigenvalue weighted by Gasteiger charge is 2.48. The molecule has 1 heterocycles. The predicted octanol–water partition coefficient (Wildman–Crippen LogP) is 16.6. The van der Waals surface area contributed by atoms with Crippen molar-refractivity contribution in [1.82, 2.24) is 0 Å². The van der Waals surface area contributed by atoms with Crippen LogP contribution in [-0.4, -0.2) is 31.6 Å². The molecule has 5 aromatic carbocycles. The molecule has 10 heteroatoms. The van der Waals surface area contributed by atoms with Gasteiger partial charge in [-0.15, -0.1) is 0 Å². The molecule has 2 atom stereocenters. The van der Waals surface area contributed by atoms with Crippen molar-refractivity contribution in [2.75, 3.05) is 23.8 Å². The van der Waals surface area contributed by atoms with Crippen LogP contribution in [0.15, 0.2) is 130 Å². The maximum absolute atomic E-state index is 14.4. The van der Waals surface area contributed by atoms with Gasteiger partial charge in [0.25, 0.3) is 0 Å². The second-order valence-electron chi connectivity index (χ2n) is 18.1. The number of fused-ring (bicyclic) bond motifs is 1. The summed E-state index contributed by atoms with van der Waals surface area (Å²) in [7, 11) is 0. The van der Waals surface area contributed by atoms with Gasteiger partial charge >= 0.3 is 5.97 Å². The van der Waals surface area contributed by atoms with Crippen molar-refractivity contribution in [3.8, 4) is 0 Å². The number of ether oxygens (including phenoxy) is 3. The van der Waals surface area contributed by atoms with Crippen LogP contribution >= 0.6 is 55.1 Å². The number of hydrogen-bond acceptors (Lipinski definition) is 6. The summed E-state index contributed by atoms with van der Waals surface area (Å²) in [4.78, 5) is 14.4. The number of hydrogen-bond donors (Lipinski definition) is 2. The Morgan fingerprint density at radius 3 is 1.44 bits per heavy atom. The summed E-state index contributed by atoms with van der Waals surface area (Å²) in [5.74, 6) is 1.01. The van der Waals surface area contributed by atoms with E-state index in [0.717, 1.165) is 82.7 Å². The minimum Gasteiger partial charge on any atom is -0.442 e. The van der Waals surface area contributed by atoms with Crippen LogP contribution in [-0.2, 0) is 19.8 Å². The fraction of sp³-hybridized carbons (Fsp3) is 0.375. The molecule has 1 aliphatic heterocycles. The van der Waals surface area contributed by atoms with Gasteiger partial charge in [0.2, 0.25) is 0 Å². The van der Waals surface area contributed by atoms with Crippen molar-refractivity contribution < 1.29 is 19.0 Å². The summed E-state index contributed by atoms with van der Waals surface area (Å²) >= 11 is 21.2. The molecule has 0 saturated heterocycles. The van der Waals surface area contributed by atoms with E-state index in [4.69, 9.17) is 37.4 Å². The maximum atomic E-state index is 14.4. The van der Waals surface area contributed by atoms with Crippen LogP contribution in [0.1, 0.15) is 129 Å². The monoisotopic (exact) mass is 1050 g/mol. The van der Waals surface area contributed by atoms with Crippen LogP contribution in [0, 0.1) is 11.8 Å². The van der Waals surface area contributed by atoms with Gasteiger partial charge in [-0.25, -0.2) is 4.79 Å². The van der Waals surface area contributed by atoms with Gasteiger partial charge in [0.15, 0.2) is 5.60 Å². The number of carbonyl (C=O) groups is 1. The van der Waals surface area contributed by atoms with E-state index in [1.807, 2.05) is 48.6 Å². The normalized spacial score (nSPS) is 19.3. The third kappa shape index (κ3) is 11.9. The summed E-state index contributed by atoms with van der Waals surface area (Å²) in [5, 5.41) is 7.57. The molecular weight excluding hydrogens is 995 g/mol. The summed E-state index contributed by atoms with van der Waals surface area (Å²) in [5.41, 5.74) is 6.71. The molecule has 6 nitrogen and oxygen atoms in total. The molecule has 3 aliphatic rings. The molecule has 0 bridgehead atoms. The first kappa shape index (κ1) is 48.6. The van der Waals surface area contributed by atoms with Crippen LogP contribution < -0.4 is 10.6 Å². The zero-order valence-corrected chi connectivity index (χ0v) is 42.6. The number of cyclic esters (lactones) is 1. The lowest BCUT2D eigenvalue weighted by molar-refractivity contribution is 0.0298. The Morgan fingerprint density at radius 2 is 1.02 bits per heavy atom. The highest BCUT2D eigenvalue weighted by Crippen LogP contribution is 2.53. The molecule has 66 heavy (non-hydrogen) atoms. The molecule has 2 fully saturated rings. The molecule has 346 valence electrons. The van der Waals surface area contributed by atoms with Crippen molar-refractivity contribution in [2.45, 2.75) is 109 Å². The Balaban J connectivity index is 1.16. The van der Waals surface area contributed by atoms with Crippen LogP contribution in [0.3, 0.4) is 0 Å². The third-order valence-electron chi connectivity index (χ3n) is 13.4. The summed E-state index contributed by atoms with van der Waals surface area (Å²) in [6, 6.07) is 37.0. The van der Waals surface area contributed by atoms with Gasteiger partial charge in [-0.1, -0.05) is 172 Å². The summed E-state index contributed by atoms with van der Waals surface area (Å²) < 4.78 is 20.0. The molecule has 8 rings (SSSR count). The molecule has 2 unspecified atom stereocenters. The predicted molar refractivity (Wildman–Crippen MR) is 279 cm³/mol. The Morgan fingerprint density at radius 1 is 0.621 bits per heavy atom. The lowest BCUT2D eigenvalue weighted by atomic mass is 9.83. The molecular formula is C56H60Br2Cl2N2O4. The Hall–Kier alpha value is -3.89. The van der Waals surface area contributed by atoms with Crippen LogP contribution in [0.25, 0.3) is 11.1 Å². The van der Waals surface area contributed by atoms with Crippen molar-refractivity contribution in [3.05, 3.63) is 174 Å². The van der Waals surface area contributed by atoms with E-state index in [-0.39, 0.29) is 22.5 Å². The highest BCUT2D eigenvalue weighted by molar-refractivity contribution is 9.11. The lowest BCUT2D eigenvalue weighted by Gasteiger charge is -2.27. The van der Waals surface area contributed by atoms with E-state index in [1.54, 1.807) is 0 Å². The fourth-order valence-corrected chi connectivity index (χ4v) is 11.7. The average Bonchev–Trinajstić information content (AvgIpc) is 3.64. The first-order valence-corrected chi connectivity index (χ1v) is 26.1. The Bertz CT molecular complexity index is 2340. The van der Waals surface area contributed by atoms with Gasteiger partial charge < -0.3 is 24.8 Å². The molecule has 2 N–H and O–H groups in total. The molecule has 5 aromatic rings. The molecule has 0 amide bonds. The van der Waals surface area contributed by atoms with E-state index < -0.39 is 11.6 Å². The first-order chi connectivity index (χ1) is 32.1. The molecule has 2 aliphatic carbocycles. The third-order valence-corrected chi connectivity index (χ3v) is 16.3. The second kappa shape index (κ2) is 22.9. The van der Waals surface area contributed by atoms with Crippen LogP contribution in [0.4, 0.5) is 11.4 Å². The first-order valence-electron chi connectivity index (χ1n) is 23.7. The zero-order valence-electron chi connectivity index (χ0n) is 37.9. The zero-order chi connectivity index (χ0) is 46.0. The topological polar surface area (TPSA) is 68.8 Å². The molecule has 2 saturated carbocycles. The minimum atomic E-state index is -1.48. The van der Waals surface area contributed by atoms with Gasteiger partial charge in [0.1, 0.15) is 12.5 Å². The maximum Gasteiger partial charge on any atom is 0.341 e. The average molecular weight is 1060 g/mol. The van der Waals surface area contributed by atoms with E-state index in [9.17, 15) is 4.79 Å². The van der Waals surface area contributed by atoms with Gasteiger partial charge in [0, 0.05) is 34.6 Å². The SMILES string of the molecule is CC(Nc1ccc(C(=CC2(C=C(c3ccccc3)c3ccc(NC(C)OCCC4CCCCC4)cc3)OC(=O)c3c(Br)c(Cl)c(Cl)c(Br)c32)c2ccccc2)cc1)OCCC1CCCCC1. The number of esters is 1. The van der Waals surface area contributed by atoms with Gasteiger partial charge in [-0.05, 0) is 140 Å². The number of nitrogens with one attached hydrogen (secondary N) is 2. The molecule has 0 radical (unpaired) electrons. The number of anilines is 2. The Labute approximate surface area is 418 Å². The molecule has 0 aromatic heterocycles. The number of halogens is 4. The number of carbonyl (C=O) groups excluding carboxylic acids is 1. The van der Waals surface area contributed by atoms with Crippen molar-refractivity contribution in [2.24, 2.45) is 11.8 Å². The van der Waals surface area contributed by atoms with E-state index in [0.29, 0.717) is 20.1 Å². The quantitative estimate of drug-likeness (QED) is 0.0394. The Kier molecular flexibility index (Phi) is 16.9. The van der Waals surface area contributed by atoms with Crippen LogP contribution in [0.2, 0.25) is 10.0 Å². The fourth-order valence-electron chi connectivity index (χ4n) is 9.84.